The molecule has 1 aromatic heterocycles. The molecule has 0 amide bonds. The summed E-state index contributed by atoms with van der Waals surface area (Å²) in [6.45, 7) is 5.08. The number of aromatic nitrogens is 1. The molecule has 0 saturated heterocycles. The van der Waals surface area contributed by atoms with Crippen molar-refractivity contribution in [2.45, 2.75) is 26.4 Å². The Bertz CT molecular complexity index is 554. The number of benzene rings is 1. The summed E-state index contributed by atoms with van der Waals surface area (Å²) >= 11 is 5.16. The largest absolute Gasteiger partial charge is 0.496 e. The van der Waals surface area contributed by atoms with Crippen LogP contribution in [0.3, 0.4) is 0 Å². The lowest BCUT2D eigenvalue weighted by atomic mass is 10.2. The molecule has 102 valence electrons. The number of nitrogens with one attached hydrogen (secondary N) is 1. The lowest BCUT2D eigenvalue weighted by molar-refractivity contribution is 0.412. The molecule has 1 N–H and O–H groups in total. The highest BCUT2D eigenvalue weighted by Gasteiger charge is 2.08. The van der Waals surface area contributed by atoms with Crippen LogP contribution in [-0.4, -0.2) is 18.1 Å². The molecule has 0 radical (unpaired) electrons. The fourth-order valence-electron chi connectivity index (χ4n) is 1.63. The highest BCUT2D eigenvalue weighted by atomic mass is 79.9. The number of methoxy groups -OCH3 is 1. The number of ether oxygens (including phenoxy) is 1. The molecule has 5 heteroatoms. The van der Waals surface area contributed by atoms with Crippen LogP contribution in [0.2, 0.25) is 0 Å². The van der Waals surface area contributed by atoms with E-state index in [4.69, 9.17) is 4.74 Å². The van der Waals surface area contributed by atoms with Crippen LogP contribution >= 0.6 is 27.3 Å². The molecule has 0 fully saturated rings. The molecule has 1 aromatic carbocycles. The summed E-state index contributed by atoms with van der Waals surface area (Å²) in [6.07, 6.45) is 0. The summed E-state index contributed by atoms with van der Waals surface area (Å²) in [5.41, 5.74) is 2.19. The quantitative estimate of drug-likeness (QED) is 0.890. The van der Waals surface area contributed by atoms with E-state index < -0.39 is 0 Å². The molecule has 2 rings (SSSR count). The van der Waals surface area contributed by atoms with Gasteiger partial charge in [-0.25, -0.2) is 4.98 Å². The fourth-order valence-corrected chi connectivity index (χ4v) is 2.99. The van der Waals surface area contributed by atoms with E-state index in [-0.39, 0.29) is 0 Å². The minimum atomic E-state index is 0.472. The average molecular weight is 341 g/mol. The SMILES string of the molecule is COc1ccc(-c2nc(CNC(C)C)cs2)cc1Br. The number of hydrogen-bond donors (Lipinski definition) is 1. The Hall–Kier alpha value is -0.910. The monoisotopic (exact) mass is 340 g/mol. The zero-order chi connectivity index (χ0) is 13.8. The minimum absolute atomic E-state index is 0.472. The third kappa shape index (κ3) is 3.78. The number of halogens is 1. The van der Waals surface area contributed by atoms with E-state index in [1.807, 2.05) is 18.2 Å². The molecule has 0 unspecified atom stereocenters. The van der Waals surface area contributed by atoms with Crippen molar-refractivity contribution in [3.63, 3.8) is 0 Å². The van der Waals surface area contributed by atoms with Gasteiger partial charge in [0.2, 0.25) is 0 Å². The van der Waals surface area contributed by atoms with Crippen LogP contribution in [0.5, 0.6) is 5.75 Å². The molecule has 3 nitrogen and oxygen atoms in total. The molecule has 0 spiro atoms. The fraction of sp³-hybridized carbons (Fsp3) is 0.357. The smallest absolute Gasteiger partial charge is 0.133 e. The number of nitrogens with zero attached hydrogens (tertiary/aromatic N) is 1. The third-order valence-electron chi connectivity index (χ3n) is 2.64. The summed E-state index contributed by atoms with van der Waals surface area (Å²) in [6, 6.07) is 6.49. The summed E-state index contributed by atoms with van der Waals surface area (Å²) in [5.74, 6) is 0.835. The predicted octanol–water partition coefficient (Wildman–Crippen LogP) is 4.08. The van der Waals surface area contributed by atoms with Crippen LogP contribution in [0.15, 0.2) is 28.1 Å². The van der Waals surface area contributed by atoms with Crippen LogP contribution in [0, 0.1) is 0 Å². The molecule has 0 atom stereocenters. The third-order valence-corrected chi connectivity index (χ3v) is 4.20. The van der Waals surface area contributed by atoms with Crippen molar-refractivity contribution in [1.82, 2.24) is 10.3 Å². The van der Waals surface area contributed by atoms with Crippen molar-refractivity contribution in [1.29, 1.82) is 0 Å². The zero-order valence-corrected chi connectivity index (χ0v) is 13.6. The maximum atomic E-state index is 5.23. The van der Waals surface area contributed by atoms with Gasteiger partial charge < -0.3 is 10.1 Å². The first-order chi connectivity index (χ1) is 9.10. The van der Waals surface area contributed by atoms with Crippen molar-refractivity contribution in [3.05, 3.63) is 33.7 Å². The number of thiazole rings is 1. The van der Waals surface area contributed by atoms with Crippen LogP contribution in [0.4, 0.5) is 0 Å². The van der Waals surface area contributed by atoms with Gasteiger partial charge in [0.15, 0.2) is 0 Å². The van der Waals surface area contributed by atoms with Gasteiger partial charge in [-0.3, -0.25) is 0 Å². The van der Waals surface area contributed by atoms with Gasteiger partial charge >= 0.3 is 0 Å². The van der Waals surface area contributed by atoms with Gasteiger partial charge in [0.25, 0.3) is 0 Å². The predicted molar refractivity (Wildman–Crippen MR) is 83.8 cm³/mol. The Kier molecular flexibility index (Phi) is 4.96. The second-order valence-corrected chi connectivity index (χ2v) is 6.24. The van der Waals surface area contributed by atoms with Gasteiger partial charge in [-0.15, -0.1) is 11.3 Å². The second kappa shape index (κ2) is 6.50. The molecular formula is C14H17BrN2OS. The van der Waals surface area contributed by atoms with Gasteiger partial charge in [-0.1, -0.05) is 13.8 Å². The van der Waals surface area contributed by atoms with E-state index in [9.17, 15) is 0 Å². The molecule has 0 aliphatic rings. The average Bonchev–Trinajstić information content (AvgIpc) is 2.85. The van der Waals surface area contributed by atoms with Crippen molar-refractivity contribution in [3.8, 4) is 16.3 Å². The summed E-state index contributed by atoms with van der Waals surface area (Å²) < 4.78 is 6.18. The van der Waals surface area contributed by atoms with Gasteiger partial charge in [-0.05, 0) is 34.1 Å². The van der Waals surface area contributed by atoms with E-state index >= 15 is 0 Å². The van der Waals surface area contributed by atoms with Crippen LogP contribution in [-0.2, 0) is 6.54 Å². The topological polar surface area (TPSA) is 34.1 Å². The van der Waals surface area contributed by atoms with E-state index in [0.29, 0.717) is 6.04 Å². The first-order valence-corrected chi connectivity index (χ1v) is 7.79. The molecule has 0 aliphatic heterocycles. The van der Waals surface area contributed by atoms with Crippen molar-refractivity contribution < 1.29 is 4.74 Å². The molecular weight excluding hydrogens is 324 g/mol. The highest BCUT2D eigenvalue weighted by Crippen LogP contribution is 2.31. The first-order valence-electron chi connectivity index (χ1n) is 6.12. The number of rotatable bonds is 5. The lowest BCUT2D eigenvalue weighted by Crippen LogP contribution is -2.21. The van der Waals surface area contributed by atoms with Gasteiger partial charge in [0.1, 0.15) is 10.8 Å². The van der Waals surface area contributed by atoms with E-state index in [2.05, 4.69) is 45.5 Å². The standard InChI is InChI=1S/C14H17BrN2OS/c1-9(2)16-7-11-8-19-14(17-11)10-4-5-13(18-3)12(15)6-10/h4-6,8-9,16H,7H2,1-3H3. The van der Waals surface area contributed by atoms with E-state index in [1.165, 1.54) is 0 Å². The molecule has 0 bridgehead atoms. The maximum absolute atomic E-state index is 5.23. The van der Waals surface area contributed by atoms with E-state index in [1.54, 1.807) is 18.4 Å². The van der Waals surface area contributed by atoms with Crippen molar-refractivity contribution >= 4 is 27.3 Å². The van der Waals surface area contributed by atoms with Gasteiger partial charge in [0.05, 0.1) is 17.3 Å². The first kappa shape index (κ1) is 14.5. The Morgan fingerprint density at radius 2 is 2.21 bits per heavy atom. The minimum Gasteiger partial charge on any atom is -0.496 e. The Balaban J connectivity index is 2.16. The highest BCUT2D eigenvalue weighted by molar-refractivity contribution is 9.10. The van der Waals surface area contributed by atoms with Gasteiger partial charge in [0, 0.05) is 23.5 Å². The molecule has 0 aliphatic carbocycles. The lowest BCUT2D eigenvalue weighted by Gasteiger charge is -2.05. The second-order valence-electron chi connectivity index (χ2n) is 4.53. The normalized spacial score (nSPS) is 11.0. The summed E-state index contributed by atoms with van der Waals surface area (Å²) in [5, 5.41) is 6.50. The Morgan fingerprint density at radius 1 is 1.42 bits per heavy atom. The Morgan fingerprint density at radius 3 is 2.84 bits per heavy atom. The van der Waals surface area contributed by atoms with Gasteiger partial charge in [-0.2, -0.15) is 0 Å². The molecule has 0 saturated carbocycles. The maximum Gasteiger partial charge on any atom is 0.133 e. The molecule has 19 heavy (non-hydrogen) atoms. The van der Waals surface area contributed by atoms with E-state index in [0.717, 1.165) is 33.0 Å². The van der Waals surface area contributed by atoms with Crippen molar-refractivity contribution in [2.24, 2.45) is 0 Å². The summed E-state index contributed by atoms with van der Waals surface area (Å²) in [4.78, 5) is 4.64. The van der Waals surface area contributed by atoms with Crippen LogP contribution < -0.4 is 10.1 Å². The molecule has 2 aromatic rings. The number of hydrogen-bond acceptors (Lipinski definition) is 4. The summed E-state index contributed by atoms with van der Waals surface area (Å²) in [7, 11) is 1.67. The zero-order valence-electron chi connectivity index (χ0n) is 11.2. The molecule has 1 heterocycles. The van der Waals surface area contributed by atoms with Crippen molar-refractivity contribution in [2.75, 3.05) is 7.11 Å². The van der Waals surface area contributed by atoms with Crippen LogP contribution in [0.1, 0.15) is 19.5 Å². The van der Waals surface area contributed by atoms with Crippen LogP contribution in [0.25, 0.3) is 10.6 Å². The Labute approximate surface area is 126 Å².